The largest absolute Gasteiger partial charge is 0.508 e. The minimum atomic E-state index is -1.03. The molecule has 2 bridgehead atoms. The molecule has 5 amide bonds. The van der Waals surface area contributed by atoms with Crippen LogP contribution in [0.4, 0.5) is 25.1 Å². The van der Waals surface area contributed by atoms with E-state index >= 15 is 8.78 Å². The first-order valence-corrected chi connectivity index (χ1v) is 25.6. The molecule has 11 rings (SSSR count). The zero-order valence-corrected chi connectivity index (χ0v) is 40.7. The predicted molar refractivity (Wildman–Crippen MR) is 269 cm³/mol. The number of carbonyl (C=O) groups excluding carboxylic acids is 5. The van der Waals surface area contributed by atoms with Crippen LogP contribution in [0, 0.1) is 24.0 Å². The van der Waals surface area contributed by atoms with E-state index < -0.39 is 47.4 Å². The molecule has 6 aliphatic heterocycles. The number of aromatic nitrogens is 3. The number of amides is 5. The second kappa shape index (κ2) is 20.1. The molecule has 3 aromatic carbocycles. The van der Waals surface area contributed by atoms with Gasteiger partial charge in [0.1, 0.15) is 47.9 Å². The van der Waals surface area contributed by atoms with Crippen LogP contribution in [0.25, 0.3) is 32.9 Å². The van der Waals surface area contributed by atoms with Crippen molar-refractivity contribution in [2.24, 2.45) is 0 Å². The number of piperidine rings is 1. The van der Waals surface area contributed by atoms with E-state index in [0.717, 1.165) is 75.7 Å². The number of hydrogen-bond acceptors (Lipinski definition) is 15. The van der Waals surface area contributed by atoms with Gasteiger partial charge in [0.15, 0.2) is 5.82 Å². The van der Waals surface area contributed by atoms with Gasteiger partial charge in [-0.05, 0) is 100 Å². The van der Waals surface area contributed by atoms with E-state index in [9.17, 15) is 29.1 Å². The minimum Gasteiger partial charge on any atom is -0.508 e. The number of halogens is 2. The fourth-order valence-corrected chi connectivity index (χ4v) is 12.1. The van der Waals surface area contributed by atoms with Gasteiger partial charge >= 0.3 is 12.1 Å². The van der Waals surface area contributed by atoms with Crippen LogP contribution in [0.5, 0.6) is 11.8 Å². The number of nitrogens with zero attached hydrogens (tertiary/aromatic N) is 6. The number of carbonyl (C=O) groups is 5. The van der Waals surface area contributed by atoms with Crippen molar-refractivity contribution >= 4 is 62.9 Å². The number of hydrogen-bond donors (Lipinski definition) is 5. The lowest BCUT2D eigenvalue weighted by atomic mass is 9.95. The molecule has 18 nitrogen and oxygen atoms in total. The number of phenols is 1. The molecule has 0 spiro atoms. The highest BCUT2D eigenvalue weighted by atomic mass is 19.1. The van der Waals surface area contributed by atoms with Crippen LogP contribution in [-0.4, -0.2) is 135 Å². The number of terminal acetylenes is 1. The van der Waals surface area contributed by atoms with Crippen LogP contribution in [0.1, 0.15) is 103 Å². The Bertz CT molecular complexity index is 3160. The molecule has 5 unspecified atom stereocenters. The number of unbranched alkanes of at least 4 members (excludes halogenated alkanes) is 3. The zero-order chi connectivity index (χ0) is 51.3. The van der Waals surface area contributed by atoms with Crippen LogP contribution in [0.15, 0.2) is 48.7 Å². The van der Waals surface area contributed by atoms with E-state index in [2.05, 4.69) is 47.0 Å². The highest BCUT2D eigenvalue weighted by Gasteiger charge is 2.50. The fraction of sp³-hybridized carbons (Fsp3) is 0.444. The van der Waals surface area contributed by atoms with Gasteiger partial charge in [-0.2, -0.15) is 9.97 Å². The third-order valence-corrected chi connectivity index (χ3v) is 15.7. The van der Waals surface area contributed by atoms with E-state index in [1.807, 2.05) is 0 Å². The number of nitrogens with one attached hydrogen (secondary N) is 4. The SMILES string of the molecule is C#Cc1c(F)ccc2cc(O)cc(-c3ncc4c(N5CC6CCC(C5)N6)nc(OCC56CCCN5C(COC(=O)NCCCCCCNc5cccc7c5C(=O)N(C5CCC(=O)NC5=O)C7=O)CC6)nc4c3F)c12. The maximum Gasteiger partial charge on any atom is 0.407 e. The monoisotopic (exact) mass is 1010 g/mol. The van der Waals surface area contributed by atoms with Gasteiger partial charge in [0.2, 0.25) is 11.8 Å². The molecule has 20 heteroatoms. The Labute approximate surface area is 424 Å². The van der Waals surface area contributed by atoms with Crippen molar-refractivity contribution < 1.29 is 47.3 Å². The van der Waals surface area contributed by atoms with Crippen LogP contribution in [0.3, 0.4) is 0 Å². The first-order chi connectivity index (χ1) is 35.9. The van der Waals surface area contributed by atoms with Crippen molar-refractivity contribution in [3.8, 4) is 35.4 Å². The average Bonchev–Trinajstić information content (AvgIpc) is 4.14. The van der Waals surface area contributed by atoms with E-state index in [-0.39, 0.29) is 100 Å². The molecular formula is C54H56F2N10O8. The smallest absolute Gasteiger partial charge is 0.407 e. The number of rotatable bonds is 16. The van der Waals surface area contributed by atoms with E-state index in [0.29, 0.717) is 48.5 Å². The standard InChI is InChI=1S/C54H56F2N10O8/c1-2-35-39(55)14-11-30-23-34(67)24-37(43(30)35)46-45(56)47-38(25-59-46)48(64-26-31-12-13-32(27-64)60-31)63-52(62-47)74-29-54-18-8-22-65(54)33(17-19-54)28-73-53(72)58-21-6-4-3-5-20-57-40-10-7-9-36-44(40)51(71)66(50(36)70)41-15-16-42(68)61-49(41)69/h1,7,9-11,14,23-25,31-33,41,57,60,67H,3-6,8,12-13,15-22,26-29H2,(H,58,72)(H,61,68,69). The Kier molecular flexibility index (Phi) is 13.2. The van der Waals surface area contributed by atoms with Gasteiger partial charge in [-0.3, -0.25) is 39.3 Å². The van der Waals surface area contributed by atoms with E-state index in [1.165, 1.54) is 30.5 Å². The van der Waals surface area contributed by atoms with Gasteiger partial charge in [0.25, 0.3) is 11.8 Å². The maximum atomic E-state index is 17.2. The number of pyridine rings is 1. The van der Waals surface area contributed by atoms with Gasteiger partial charge in [-0.15, -0.1) is 6.42 Å². The van der Waals surface area contributed by atoms with Crippen LogP contribution in [-0.2, 0) is 14.3 Å². The van der Waals surface area contributed by atoms with Gasteiger partial charge in [0, 0.05) is 73.6 Å². The molecule has 0 radical (unpaired) electrons. The number of fused-ring (bicyclic) bond motifs is 6. The molecule has 0 aliphatic carbocycles. The summed E-state index contributed by atoms with van der Waals surface area (Å²) in [6.45, 7) is 3.53. The third kappa shape index (κ3) is 9.05. The molecule has 5 N–H and O–H groups in total. The molecule has 6 aliphatic rings. The Hall–Kier alpha value is -7.50. The van der Waals surface area contributed by atoms with Crippen molar-refractivity contribution in [1.29, 1.82) is 0 Å². The van der Waals surface area contributed by atoms with Gasteiger partial charge in [0.05, 0.1) is 27.6 Å². The van der Waals surface area contributed by atoms with Gasteiger partial charge < -0.3 is 35.4 Å². The Morgan fingerprint density at radius 2 is 1.76 bits per heavy atom. The summed E-state index contributed by atoms with van der Waals surface area (Å²) in [5.74, 6) is -0.895. The number of alkyl carbamates (subject to hydrolysis) is 1. The zero-order valence-electron chi connectivity index (χ0n) is 40.7. The number of aromatic hydroxyl groups is 1. The summed E-state index contributed by atoms with van der Waals surface area (Å²) in [4.78, 5) is 83.2. The third-order valence-electron chi connectivity index (χ3n) is 15.7. The number of phenolic OH excluding ortho intramolecular Hbond substituents is 1. The summed E-state index contributed by atoms with van der Waals surface area (Å²) in [6, 6.07) is 9.89. The molecule has 5 atom stereocenters. The molecular weight excluding hydrogens is 955 g/mol. The summed E-state index contributed by atoms with van der Waals surface area (Å²) in [5.41, 5.74) is 0.473. The van der Waals surface area contributed by atoms with E-state index in [4.69, 9.17) is 20.9 Å². The molecule has 2 aromatic heterocycles. The van der Waals surface area contributed by atoms with Crippen LogP contribution in [0.2, 0.25) is 0 Å². The second-order valence-electron chi connectivity index (χ2n) is 20.3. The fourth-order valence-electron chi connectivity index (χ4n) is 12.1. The molecule has 5 saturated heterocycles. The quantitative estimate of drug-likeness (QED) is 0.0440. The Balaban J connectivity index is 0.688. The molecule has 5 aromatic rings. The number of imide groups is 2. The Morgan fingerprint density at radius 3 is 2.55 bits per heavy atom. The summed E-state index contributed by atoms with van der Waals surface area (Å²) < 4.78 is 44.5. The van der Waals surface area contributed by atoms with Crippen molar-refractivity contribution in [1.82, 2.24) is 40.7 Å². The number of anilines is 2. The first-order valence-electron chi connectivity index (χ1n) is 25.6. The van der Waals surface area contributed by atoms with E-state index in [1.54, 1.807) is 18.2 Å². The first kappa shape index (κ1) is 48.8. The van der Waals surface area contributed by atoms with Crippen molar-refractivity contribution in [2.75, 3.05) is 56.2 Å². The molecule has 74 heavy (non-hydrogen) atoms. The van der Waals surface area contributed by atoms with Crippen molar-refractivity contribution in [3.05, 3.63) is 77.0 Å². The summed E-state index contributed by atoms with van der Waals surface area (Å²) in [5, 5.41) is 23.8. The summed E-state index contributed by atoms with van der Waals surface area (Å²) >= 11 is 0. The number of benzene rings is 3. The summed E-state index contributed by atoms with van der Waals surface area (Å²) in [7, 11) is 0. The van der Waals surface area contributed by atoms with Crippen LogP contribution < -0.4 is 30.9 Å². The second-order valence-corrected chi connectivity index (χ2v) is 20.3. The Morgan fingerprint density at radius 1 is 0.946 bits per heavy atom. The van der Waals surface area contributed by atoms with Crippen molar-refractivity contribution in [2.45, 2.75) is 107 Å². The molecule has 384 valence electrons. The number of piperazine rings is 1. The van der Waals surface area contributed by atoms with Crippen LogP contribution >= 0.6 is 0 Å². The predicted octanol–water partition coefficient (Wildman–Crippen LogP) is 5.93. The lowest BCUT2D eigenvalue weighted by Gasteiger charge is -2.35. The topological polar surface area (TPSA) is 221 Å². The highest BCUT2D eigenvalue weighted by Crippen LogP contribution is 2.44. The van der Waals surface area contributed by atoms with Crippen molar-refractivity contribution in [3.63, 3.8) is 0 Å². The maximum absolute atomic E-state index is 17.2. The number of ether oxygens (including phenoxy) is 2. The molecule has 8 heterocycles. The lowest BCUT2D eigenvalue weighted by Crippen LogP contribution is -2.54. The minimum absolute atomic E-state index is 0.00995. The summed E-state index contributed by atoms with van der Waals surface area (Å²) in [6.07, 6.45) is 15.5. The highest BCUT2D eigenvalue weighted by molar-refractivity contribution is 6.25. The van der Waals surface area contributed by atoms with Gasteiger partial charge in [-0.1, -0.05) is 30.9 Å². The molecule has 0 saturated carbocycles. The molecule has 5 fully saturated rings. The normalized spacial score (nSPS) is 23.3. The van der Waals surface area contributed by atoms with Gasteiger partial charge in [-0.25, -0.2) is 13.6 Å². The average molecular weight is 1010 g/mol. The lowest BCUT2D eigenvalue weighted by molar-refractivity contribution is -0.136.